The van der Waals surface area contributed by atoms with Crippen LogP contribution in [0.15, 0.2) is 30.3 Å². The molecule has 0 aliphatic carbocycles. The number of methoxy groups -OCH3 is 3. The van der Waals surface area contributed by atoms with E-state index in [1.165, 1.54) is 45.6 Å². The minimum absolute atomic E-state index is 0.0206. The Bertz CT molecular complexity index is 991. The molecule has 0 bridgehead atoms. The Kier molecular flexibility index (Phi) is 6.93. The van der Waals surface area contributed by atoms with E-state index in [1.54, 1.807) is 12.1 Å². The second-order valence-corrected chi connectivity index (χ2v) is 6.36. The van der Waals surface area contributed by atoms with E-state index in [1.807, 2.05) is 0 Å². The number of fused-ring (bicyclic) bond motifs is 1. The number of non-ortho nitro benzene ring substituents is 1. The van der Waals surface area contributed by atoms with Crippen LogP contribution in [0.4, 0.5) is 5.69 Å². The van der Waals surface area contributed by atoms with Crippen molar-refractivity contribution in [2.24, 2.45) is 0 Å². The normalized spacial score (nSPS) is 12.6. The van der Waals surface area contributed by atoms with E-state index in [9.17, 15) is 14.9 Å². The molecule has 0 radical (unpaired) electrons. The molecule has 31 heavy (non-hydrogen) atoms. The zero-order chi connectivity index (χ0) is 22.4. The molecule has 164 valence electrons. The van der Waals surface area contributed by atoms with Crippen molar-refractivity contribution in [2.75, 3.05) is 28.1 Å². The van der Waals surface area contributed by atoms with Gasteiger partial charge in [0.2, 0.25) is 5.75 Å². The van der Waals surface area contributed by atoms with Crippen molar-refractivity contribution in [3.8, 4) is 23.0 Å². The molecule has 3 rings (SSSR count). The van der Waals surface area contributed by atoms with Crippen molar-refractivity contribution < 1.29 is 38.1 Å². The van der Waals surface area contributed by atoms with Crippen LogP contribution in [-0.2, 0) is 27.5 Å². The summed E-state index contributed by atoms with van der Waals surface area (Å²) in [6.45, 7) is 0.00817. The smallest absolute Gasteiger partial charge is 0.331 e. The van der Waals surface area contributed by atoms with Gasteiger partial charge in [0.15, 0.2) is 18.3 Å². The molecule has 0 saturated carbocycles. The van der Waals surface area contributed by atoms with E-state index in [-0.39, 0.29) is 25.7 Å². The van der Waals surface area contributed by atoms with Gasteiger partial charge in [0.25, 0.3) is 5.69 Å². The Morgan fingerprint density at radius 1 is 1.13 bits per heavy atom. The first-order valence-electron chi connectivity index (χ1n) is 9.12. The minimum atomic E-state index is -0.638. The lowest BCUT2D eigenvalue weighted by Crippen LogP contribution is -2.14. The third kappa shape index (κ3) is 5.04. The first-order valence-corrected chi connectivity index (χ1v) is 9.12. The van der Waals surface area contributed by atoms with Crippen molar-refractivity contribution in [1.82, 2.24) is 0 Å². The number of carbonyl (C=O) groups is 1. The van der Waals surface area contributed by atoms with Crippen LogP contribution < -0.4 is 18.9 Å². The Hall–Kier alpha value is -3.79. The van der Waals surface area contributed by atoms with Crippen LogP contribution in [-0.4, -0.2) is 39.0 Å². The fourth-order valence-corrected chi connectivity index (χ4v) is 3.05. The molecule has 0 saturated heterocycles. The van der Waals surface area contributed by atoms with Crippen molar-refractivity contribution in [2.45, 2.75) is 13.2 Å². The minimum Gasteiger partial charge on any atom is -0.493 e. The van der Waals surface area contributed by atoms with Crippen molar-refractivity contribution in [3.05, 3.63) is 57.1 Å². The van der Waals surface area contributed by atoms with Gasteiger partial charge in [0.05, 0.1) is 32.9 Å². The second-order valence-electron chi connectivity index (χ2n) is 6.36. The predicted molar refractivity (Wildman–Crippen MR) is 108 cm³/mol. The molecule has 0 amide bonds. The molecular formula is C21H21NO9. The van der Waals surface area contributed by atoms with Gasteiger partial charge in [-0.15, -0.1) is 0 Å². The van der Waals surface area contributed by atoms with Gasteiger partial charge in [-0.2, -0.15) is 0 Å². The Morgan fingerprint density at radius 2 is 1.84 bits per heavy atom. The molecule has 0 atom stereocenters. The number of ether oxygens (including phenoxy) is 6. The molecule has 1 aliphatic heterocycles. The summed E-state index contributed by atoms with van der Waals surface area (Å²) in [6, 6.07) is 6.05. The van der Waals surface area contributed by atoms with Crippen molar-refractivity contribution >= 4 is 17.7 Å². The van der Waals surface area contributed by atoms with Gasteiger partial charge in [-0.05, 0) is 23.8 Å². The third-order valence-electron chi connectivity index (χ3n) is 4.45. The summed E-state index contributed by atoms with van der Waals surface area (Å²) in [5.74, 6) is 1.11. The highest BCUT2D eigenvalue weighted by Crippen LogP contribution is 2.38. The lowest BCUT2D eigenvalue weighted by Gasteiger charge is -2.20. The second kappa shape index (κ2) is 9.81. The number of nitrogens with zero attached hydrogens (tertiary/aromatic N) is 1. The average Bonchev–Trinajstić information content (AvgIpc) is 2.79. The number of nitro groups is 1. The molecule has 0 aromatic heterocycles. The van der Waals surface area contributed by atoms with E-state index >= 15 is 0 Å². The van der Waals surface area contributed by atoms with Crippen LogP contribution >= 0.6 is 0 Å². The summed E-state index contributed by atoms with van der Waals surface area (Å²) >= 11 is 0. The van der Waals surface area contributed by atoms with E-state index in [2.05, 4.69) is 0 Å². The highest BCUT2D eigenvalue weighted by Gasteiger charge is 2.21. The predicted octanol–water partition coefficient (Wildman–Crippen LogP) is 3.24. The number of nitro benzene ring substituents is 1. The van der Waals surface area contributed by atoms with Crippen LogP contribution in [0.1, 0.15) is 16.7 Å². The lowest BCUT2D eigenvalue weighted by atomic mass is 10.1. The summed E-state index contributed by atoms with van der Waals surface area (Å²) < 4.78 is 31.7. The molecule has 0 spiro atoms. The summed E-state index contributed by atoms with van der Waals surface area (Å²) in [5.41, 5.74) is 1.41. The van der Waals surface area contributed by atoms with Gasteiger partial charge in [-0.1, -0.05) is 0 Å². The average molecular weight is 431 g/mol. The fourth-order valence-electron chi connectivity index (χ4n) is 3.05. The Balaban J connectivity index is 1.74. The van der Waals surface area contributed by atoms with Gasteiger partial charge < -0.3 is 28.4 Å². The van der Waals surface area contributed by atoms with Gasteiger partial charge in [-0.25, -0.2) is 4.79 Å². The SMILES string of the molecule is COc1cc(/C=C/C(=O)OCc2cc([N+](=O)[O-])cc3c2OCOC3)cc(OC)c1OC. The van der Waals surface area contributed by atoms with Crippen molar-refractivity contribution in [1.29, 1.82) is 0 Å². The standard InChI is InChI=1S/C21H21NO9/c1-26-17-6-13(7-18(27-2)21(17)28-3)4-5-19(23)30-11-15-9-16(22(24)25)8-14-10-29-12-31-20(14)15/h4-9H,10-12H2,1-3H3/b5-4+. The van der Waals surface area contributed by atoms with Gasteiger partial charge in [-0.3, -0.25) is 10.1 Å². The monoisotopic (exact) mass is 431 g/mol. The number of rotatable bonds is 8. The van der Waals surface area contributed by atoms with Gasteiger partial charge >= 0.3 is 5.97 Å². The highest BCUT2D eigenvalue weighted by molar-refractivity contribution is 5.87. The number of hydrogen-bond donors (Lipinski definition) is 0. The first-order chi connectivity index (χ1) is 15.0. The van der Waals surface area contributed by atoms with Crippen LogP contribution in [0.2, 0.25) is 0 Å². The Labute approximate surface area is 178 Å². The quantitative estimate of drug-likeness (QED) is 0.269. The molecule has 0 fully saturated rings. The van der Waals surface area contributed by atoms with Crippen LogP contribution in [0.5, 0.6) is 23.0 Å². The summed E-state index contributed by atoms with van der Waals surface area (Å²) in [4.78, 5) is 22.9. The summed E-state index contributed by atoms with van der Waals surface area (Å²) in [5, 5.41) is 11.2. The number of esters is 1. The van der Waals surface area contributed by atoms with Crippen LogP contribution in [0, 0.1) is 10.1 Å². The summed E-state index contributed by atoms with van der Waals surface area (Å²) in [7, 11) is 4.48. The molecule has 2 aromatic carbocycles. The number of hydrogen-bond acceptors (Lipinski definition) is 9. The molecule has 2 aromatic rings. The largest absolute Gasteiger partial charge is 0.493 e. The third-order valence-corrected chi connectivity index (χ3v) is 4.45. The molecule has 0 N–H and O–H groups in total. The molecular weight excluding hydrogens is 410 g/mol. The van der Waals surface area contributed by atoms with E-state index < -0.39 is 10.9 Å². The topological polar surface area (TPSA) is 116 Å². The maximum absolute atomic E-state index is 12.2. The molecule has 10 heteroatoms. The Morgan fingerprint density at radius 3 is 2.45 bits per heavy atom. The number of benzene rings is 2. The first kappa shape index (κ1) is 21.9. The van der Waals surface area contributed by atoms with E-state index in [0.717, 1.165) is 0 Å². The van der Waals surface area contributed by atoms with Crippen LogP contribution in [0.25, 0.3) is 6.08 Å². The lowest BCUT2D eigenvalue weighted by molar-refractivity contribution is -0.385. The van der Waals surface area contributed by atoms with E-state index in [0.29, 0.717) is 39.7 Å². The molecule has 1 heterocycles. The van der Waals surface area contributed by atoms with Crippen molar-refractivity contribution in [3.63, 3.8) is 0 Å². The number of carbonyl (C=O) groups excluding carboxylic acids is 1. The zero-order valence-electron chi connectivity index (χ0n) is 17.2. The van der Waals surface area contributed by atoms with Crippen LogP contribution in [0.3, 0.4) is 0 Å². The fraction of sp³-hybridized carbons (Fsp3) is 0.286. The summed E-state index contributed by atoms with van der Waals surface area (Å²) in [6.07, 6.45) is 2.76. The molecule has 10 nitrogen and oxygen atoms in total. The molecule has 0 unspecified atom stereocenters. The highest BCUT2D eigenvalue weighted by atomic mass is 16.7. The van der Waals surface area contributed by atoms with E-state index in [4.69, 9.17) is 28.4 Å². The maximum atomic E-state index is 12.2. The molecule has 1 aliphatic rings. The van der Waals surface area contributed by atoms with Gasteiger partial charge in [0.1, 0.15) is 12.4 Å². The zero-order valence-corrected chi connectivity index (χ0v) is 17.2. The van der Waals surface area contributed by atoms with Gasteiger partial charge in [0, 0.05) is 29.3 Å². The maximum Gasteiger partial charge on any atom is 0.331 e.